The normalized spacial score (nSPS) is 28.3. The van der Waals surface area contributed by atoms with Crippen LogP contribution in [0.3, 0.4) is 0 Å². The van der Waals surface area contributed by atoms with Crippen LogP contribution < -0.4 is 0 Å². The SMILES string of the molecule is Cc1cccc(CCN2CC3CCCCN3CC2C)c1. The van der Waals surface area contributed by atoms with Gasteiger partial charge in [-0.3, -0.25) is 9.80 Å². The lowest BCUT2D eigenvalue weighted by Gasteiger charge is -2.47. The summed E-state index contributed by atoms with van der Waals surface area (Å²) in [5, 5.41) is 0. The highest BCUT2D eigenvalue weighted by Crippen LogP contribution is 2.24. The van der Waals surface area contributed by atoms with Gasteiger partial charge in [-0.15, -0.1) is 0 Å². The maximum atomic E-state index is 2.73. The maximum Gasteiger partial charge on any atom is 0.0223 e. The molecular weight excluding hydrogens is 244 g/mol. The van der Waals surface area contributed by atoms with E-state index in [4.69, 9.17) is 0 Å². The van der Waals surface area contributed by atoms with E-state index in [0.717, 1.165) is 6.04 Å². The van der Waals surface area contributed by atoms with Crippen molar-refractivity contribution in [2.24, 2.45) is 0 Å². The summed E-state index contributed by atoms with van der Waals surface area (Å²) < 4.78 is 0. The van der Waals surface area contributed by atoms with Gasteiger partial charge in [0.25, 0.3) is 0 Å². The molecule has 0 aromatic heterocycles. The van der Waals surface area contributed by atoms with Gasteiger partial charge in [-0.2, -0.15) is 0 Å². The van der Waals surface area contributed by atoms with Crippen molar-refractivity contribution >= 4 is 0 Å². The van der Waals surface area contributed by atoms with Crippen molar-refractivity contribution in [2.75, 3.05) is 26.2 Å². The van der Waals surface area contributed by atoms with Crippen molar-refractivity contribution in [2.45, 2.75) is 51.6 Å². The summed E-state index contributed by atoms with van der Waals surface area (Å²) in [6.07, 6.45) is 5.44. The second-order valence-electron chi connectivity index (χ2n) is 6.73. The molecule has 2 fully saturated rings. The molecule has 0 bridgehead atoms. The van der Waals surface area contributed by atoms with Gasteiger partial charge in [0.1, 0.15) is 0 Å². The van der Waals surface area contributed by atoms with Crippen molar-refractivity contribution in [3.05, 3.63) is 35.4 Å². The molecule has 2 atom stereocenters. The fourth-order valence-corrected chi connectivity index (χ4v) is 3.86. The van der Waals surface area contributed by atoms with Gasteiger partial charge in [0.2, 0.25) is 0 Å². The number of nitrogens with zero attached hydrogens (tertiary/aromatic N) is 2. The molecule has 1 aromatic rings. The highest BCUT2D eigenvalue weighted by Gasteiger charge is 2.32. The predicted octanol–water partition coefficient (Wildman–Crippen LogP) is 3.10. The van der Waals surface area contributed by atoms with Crippen LogP contribution in [0.1, 0.15) is 37.3 Å². The second-order valence-corrected chi connectivity index (χ2v) is 6.73. The van der Waals surface area contributed by atoms with E-state index in [1.165, 1.54) is 63.0 Å². The zero-order chi connectivity index (χ0) is 13.9. The molecule has 2 saturated heterocycles. The highest BCUT2D eigenvalue weighted by molar-refractivity contribution is 5.22. The van der Waals surface area contributed by atoms with Crippen molar-refractivity contribution in [3.8, 4) is 0 Å². The van der Waals surface area contributed by atoms with E-state index < -0.39 is 0 Å². The first-order valence-electron chi connectivity index (χ1n) is 8.26. The first-order chi connectivity index (χ1) is 9.72. The fourth-order valence-electron chi connectivity index (χ4n) is 3.86. The van der Waals surface area contributed by atoms with Crippen LogP contribution in [0, 0.1) is 6.92 Å². The van der Waals surface area contributed by atoms with Gasteiger partial charge in [-0.25, -0.2) is 0 Å². The molecule has 2 aliphatic heterocycles. The quantitative estimate of drug-likeness (QED) is 0.834. The molecule has 110 valence electrons. The summed E-state index contributed by atoms with van der Waals surface area (Å²) >= 11 is 0. The number of piperazine rings is 1. The van der Waals surface area contributed by atoms with Crippen LogP contribution in [-0.4, -0.2) is 48.1 Å². The number of hydrogen-bond acceptors (Lipinski definition) is 2. The van der Waals surface area contributed by atoms with Crippen LogP contribution in [0.25, 0.3) is 0 Å². The Morgan fingerprint density at radius 2 is 2.10 bits per heavy atom. The molecule has 0 radical (unpaired) electrons. The Labute approximate surface area is 123 Å². The lowest BCUT2D eigenvalue weighted by Crippen LogP contribution is -2.58. The number of piperidine rings is 1. The van der Waals surface area contributed by atoms with E-state index >= 15 is 0 Å². The topological polar surface area (TPSA) is 6.48 Å². The first kappa shape index (κ1) is 14.1. The molecule has 1 aromatic carbocycles. The Balaban J connectivity index is 1.57. The zero-order valence-electron chi connectivity index (χ0n) is 13.0. The Hall–Kier alpha value is -0.860. The van der Waals surface area contributed by atoms with Crippen LogP contribution in [0.4, 0.5) is 0 Å². The predicted molar refractivity (Wildman–Crippen MR) is 85.1 cm³/mol. The molecule has 2 unspecified atom stereocenters. The lowest BCUT2D eigenvalue weighted by atomic mass is 9.96. The molecule has 0 spiro atoms. The van der Waals surface area contributed by atoms with Gasteiger partial charge in [0, 0.05) is 31.7 Å². The molecule has 2 nitrogen and oxygen atoms in total. The standard InChI is InChI=1S/C18H28N2/c1-15-6-5-7-17(12-15)9-11-19-14-18-8-3-4-10-20(18)13-16(19)2/h5-7,12,16,18H,3-4,8-11,13-14H2,1-2H3. The molecule has 2 heteroatoms. The monoisotopic (exact) mass is 272 g/mol. The van der Waals surface area contributed by atoms with Crippen LogP contribution >= 0.6 is 0 Å². The Bertz CT molecular complexity index is 443. The third-order valence-corrected chi connectivity index (χ3v) is 5.09. The summed E-state index contributed by atoms with van der Waals surface area (Å²) in [6, 6.07) is 10.5. The van der Waals surface area contributed by atoms with Crippen molar-refractivity contribution in [3.63, 3.8) is 0 Å². The minimum atomic E-state index is 0.717. The summed E-state index contributed by atoms with van der Waals surface area (Å²) in [4.78, 5) is 5.45. The minimum absolute atomic E-state index is 0.717. The number of benzene rings is 1. The van der Waals surface area contributed by atoms with Crippen LogP contribution in [0.5, 0.6) is 0 Å². The molecule has 0 aliphatic carbocycles. The molecular formula is C18H28N2. The molecule has 2 heterocycles. The van der Waals surface area contributed by atoms with Crippen LogP contribution in [0.15, 0.2) is 24.3 Å². The Morgan fingerprint density at radius 1 is 1.20 bits per heavy atom. The fraction of sp³-hybridized carbons (Fsp3) is 0.667. The van der Waals surface area contributed by atoms with E-state index in [2.05, 4.69) is 47.9 Å². The zero-order valence-corrected chi connectivity index (χ0v) is 13.0. The molecule has 20 heavy (non-hydrogen) atoms. The molecule has 0 saturated carbocycles. The molecule has 0 N–H and O–H groups in total. The van der Waals surface area contributed by atoms with Crippen molar-refractivity contribution < 1.29 is 0 Å². The maximum absolute atomic E-state index is 2.73. The summed E-state index contributed by atoms with van der Waals surface area (Å²) in [5.41, 5.74) is 2.87. The number of hydrogen-bond donors (Lipinski definition) is 0. The van der Waals surface area contributed by atoms with Crippen LogP contribution in [0.2, 0.25) is 0 Å². The Morgan fingerprint density at radius 3 is 2.95 bits per heavy atom. The largest absolute Gasteiger partial charge is 0.298 e. The summed E-state index contributed by atoms with van der Waals surface area (Å²) in [6.45, 7) is 9.70. The first-order valence-corrected chi connectivity index (χ1v) is 8.26. The average Bonchev–Trinajstić information content (AvgIpc) is 2.45. The second kappa shape index (κ2) is 6.28. The van der Waals surface area contributed by atoms with Gasteiger partial charge < -0.3 is 0 Å². The summed E-state index contributed by atoms with van der Waals surface area (Å²) in [7, 11) is 0. The van der Waals surface area contributed by atoms with E-state index in [1.807, 2.05) is 0 Å². The van der Waals surface area contributed by atoms with E-state index in [0.29, 0.717) is 6.04 Å². The third kappa shape index (κ3) is 3.24. The van der Waals surface area contributed by atoms with Gasteiger partial charge >= 0.3 is 0 Å². The van der Waals surface area contributed by atoms with E-state index in [-0.39, 0.29) is 0 Å². The molecule has 0 amide bonds. The molecule has 3 rings (SSSR count). The average molecular weight is 272 g/mol. The Kier molecular flexibility index (Phi) is 4.42. The number of aryl methyl sites for hydroxylation is 1. The van der Waals surface area contributed by atoms with Gasteiger partial charge in [-0.1, -0.05) is 36.2 Å². The molecule has 2 aliphatic rings. The van der Waals surface area contributed by atoms with E-state index in [9.17, 15) is 0 Å². The third-order valence-electron chi connectivity index (χ3n) is 5.09. The minimum Gasteiger partial charge on any atom is -0.298 e. The smallest absolute Gasteiger partial charge is 0.0223 e. The highest BCUT2D eigenvalue weighted by atomic mass is 15.3. The van der Waals surface area contributed by atoms with Gasteiger partial charge in [-0.05, 0) is 45.2 Å². The van der Waals surface area contributed by atoms with Gasteiger partial charge in [0.05, 0.1) is 0 Å². The van der Waals surface area contributed by atoms with Crippen LogP contribution in [-0.2, 0) is 6.42 Å². The number of fused-ring (bicyclic) bond motifs is 1. The van der Waals surface area contributed by atoms with E-state index in [1.54, 1.807) is 0 Å². The van der Waals surface area contributed by atoms with Gasteiger partial charge in [0.15, 0.2) is 0 Å². The number of rotatable bonds is 3. The van der Waals surface area contributed by atoms with Crippen molar-refractivity contribution in [1.82, 2.24) is 9.80 Å². The van der Waals surface area contributed by atoms with Crippen molar-refractivity contribution in [1.29, 1.82) is 0 Å². The lowest BCUT2D eigenvalue weighted by molar-refractivity contribution is 0.0160. The summed E-state index contributed by atoms with van der Waals surface area (Å²) in [5.74, 6) is 0.